The predicted octanol–water partition coefficient (Wildman–Crippen LogP) is 3.30. The van der Waals surface area contributed by atoms with E-state index in [4.69, 9.17) is 10.00 Å². The second-order valence-electron chi connectivity index (χ2n) is 6.39. The first kappa shape index (κ1) is 17.7. The summed E-state index contributed by atoms with van der Waals surface area (Å²) in [6.07, 6.45) is 2.01. The molecule has 2 atom stereocenters. The van der Waals surface area contributed by atoms with E-state index in [1.807, 2.05) is 24.3 Å². The van der Waals surface area contributed by atoms with Crippen molar-refractivity contribution >= 4 is 11.9 Å². The summed E-state index contributed by atoms with van der Waals surface area (Å²) in [4.78, 5) is 24.6. The van der Waals surface area contributed by atoms with E-state index in [-0.39, 0.29) is 11.9 Å². The number of carbonyl (C=O) groups excluding carboxylic acids is 2. The zero-order valence-corrected chi connectivity index (χ0v) is 14.6. The van der Waals surface area contributed by atoms with Gasteiger partial charge in [-0.2, -0.15) is 5.26 Å². The van der Waals surface area contributed by atoms with Crippen LogP contribution >= 0.6 is 0 Å². The second-order valence-corrected chi connectivity index (χ2v) is 6.39. The lowest BCUT2D eigenvalue weighted by molar-refractivity contribution is -0.130. The Labute approximate surface area is 152 Å². The molecular formula is C21H20N2O3. The summed E-state index contributed by atoms with van der Waals surface area (Å²) in [6, 6.07) is 16.1. The van der Waals surface area contributed by atoms with Crippen LogP contribution in [-0.2, 0) is 16.0 Å². The SMILES string of the molecule is C[C@@H](OC(=O)c1ccc(C#N)cc1)C(=O)N[C@@H]1CCCc2ccccc21. The number of aryl methyl sites for hydroxylation is 1. The van der Waals surface area contributed by atoms with Crippen LogP contribution in [0.25, 0.3) is 0 Å². The van der Waals surface area contributed by atoms with Gasteiger partial charge in [-0.05, 0) is 61.6 Å². The van der Waals surface area contributed by atoms with Crippen LogP contribution in [0, 0.1) is 11.3 Å². The van der Waals surface area contributed by atoms with E-state index in [0.717, 1.165) is 24.8 Å². The van der Waals surface area contributed by atoms with Crippen LogP contribution in [0.5, 0.6) is 0 Å². The number of hydrogen-bond donors (Lipinski definition) is 1. The Morgan fingerprint density at radius 3 is 2.65 bits per heavy atom. The number of nitrogens with one attached hydrogen (secondary N) is 1. The average molecular weight is 348 g/mol. The number of ether oxygens (including phenoxy) is 1. The molecule has 0 bridgehead atoms. The highest BCUT2D eigenvalue weighted by Gasteiger charge is 2.25. The van der Waals surface area contributed by atoms with E-state index in [9.17, 15) is 9.59 Å². The minimum Gasteiger partial charge on any atom is -0.449 e. The summed E-state index contributed by atoms with van der Waals surface area (Å²) in [5.74, 6) is -0.894. The number of amides is 1. The van der Waals surface area contributed by atoms with Gasteiger partial charge < -0.3 is 10.1 Å². The first-order valence-corrected chi connectivity index (χ1v) is 8.68. The van der Waals surface area contributed by atoms with Crippen LogP contribution in [0.2, 0.25) is 0 Å². The zero-order chi connectivity index (χ0) is 18.5. The first-order chi connectivity index (χ1) is 12.6. The largest absolute Gasteiger partial charge is 0.449 e. The topological polar surface area (TPSA) is 79.2 Å². The summed E-state index contributed by atoms with van der Waals surface area (Å²) in [6.45, 7) is 1.56. The number of nitrogens with zero attached hydrogens (tertiary/aromatic N) is 1. The third kappa shape index (κ3) is 3.92. The Bertz CT molecular complexity index is 852. The van der Waals surface area contributed by atoms with Gasteiger partial charge in [-0.1, -0.05) is 24.3 Å². The Hall–Kier alpha value is -3.13. The van der Waals surface area contributed by atoms with Crippen molar-refractivity contribution < 1.29 is 14.3 Å². The molecule has 5 heteroatoms. The molecule has 0 saturated heterocycles. The monoisotopic (exact) mass is 348 g/mol. The molecule has 0 saturated carbocycles. The third-order valence-electron chi connectivity index (χ3n) is 4.59. The fraction of sp³-hybridized carbons (Fsp3) is 0.286. The van der Waals surface area contributed by atoms with E-state index in [0.29, 0.717) is 11.1 Å². The molecule has 132 valence electrons. The van der Waals surface area contributed by atoms with Gasteiger partial charge >= 0.3 is 5.97 Å². The van der Waals surface area contributed by atoms with Gasteiger partial charge in [-0.25, -0.2) is 4.79 Å². The van der Waals surface area contributed by atoms with Crippen molar-refractivity contribution in [2.75, 3.05) is 0 Å². The molecule has 2 aromatic carbocycles. The quantitative estimate of drug-likeness (QED) is 0.860. The average Bonchev–Trinajstić information content (AvgIpc) is 2.68. The van der Waals surface area contributed by atoms with Gasteiger partial charge in [0.1, 0.15) is 0 Å². The van der Waals surface area contributed by atoms with Crippen LogP contribution < -0.4 is 5.32 Å². The van der Waals surface area contributed by atoms with Crippen LogP contribution in [0.1, 0.15) is 52.9 Å². The van der Waals surface area contributed by atoms with E-state index in [2.05, 4.69) is 11.4 Å². The molecule has 1 aliphatic rings. The maximum Gasteiger partial charge on any atom is 0.338 e. The number of hydrogen-bond acceptors (Lipinski definition) is 4. The standard InChI is InChI=1S/C21H20N2O3/c1-14(26-21(25)17-11-9-15(13-22)10-12-17)20(24)23-19-8-4-6-16-5-2-3-7-18(16)19/h2-3,5,7,9-12,14,19H,4,6,8H2,1H3,(H,23,24)/t14-,19-/m1/s1. The highest BCUT2D eigenvalue weighted by molar-refractivity contribution is 5.92. The fourth-order valence-electron chi connectivity index (χ4n) is 3.16. The molecule has 0 aliphatic heterocycles. The molecule has 5 nitrogen and oxygen atoms in total. The van der Waals surface area contributed by atoms with Crippen LogP contribution in [0.15, 0.2) is 48.5 Å². The summed E-state index contributed by atoms with van der Waals surface area (Å²) < 4.78 is 5.27. The van der Waals surface area contributed by atoms with Crippen molar-refractivity contribution in [1.82, 2.24) is 5.32 Å². The maximum atomic E-state index is 12.5. The first-order valence-electron chi connectivity index (χ1n) is 8.68. The molecular weight excluding hydrogens is 328 g/mol. The maximum absolute atomic E-state index is 12.5. The molecule has 0 spiro atoms. The molecule has 0 radical (unpaired) electrons. The van der Waals surface area contributed by atoms with Crippen molar-refractivity contribution in [3.8, 4) is 6.07 Å². The summed E-state index contributed by atoms with van der Waals surface area (Å²) in [5.41, 5.74) is 3.17. The van der Waals surface area contributed by atoms with Gasteiger partial charge in [0, 0.05) is 0 Å². The minimum atomic E-state index is -0.896. The molecule has 0 aromatic heterocycles. The zero-order valence-electron chi connectivity index (χ0n) is 14.6. The molecule has 1 N–H and O–H groups in total. The van der Waals surface area contributed by atoms with Gasteiger partial charge in [-0.15, -0.1) is 0 Å². The number of rotatable bonds is 4. The predicted molar refractivity (Wildman–Crippen MR) is 96.3 cm³/mol. The molecule has 3 rings (SSSR count). The molecule has 2 aromatic rings. The van der Waals surface area contributed by atoms with E-state index < -0.39 is 12.1 Å². The molecule has 0 unspecified atom stereocenters. The van der Waals surface area contributed by atoms with Crippen molar-refractivity contribution in [3.63, 3.8) is 0 Å². The van der Waals surface area contributed by atoms with Gasteiger partial charge in [0.25, 0.3) is 5.91 Å². The van der Waals surface area contributed by atoms with Crippen molar-refractivity contribution in [2.45, 2.75) is 38.3 Å². The lowest BCUT2D eigenvalue weighted by Gasteiger charge is -2.27. The van der Waals surface area contributed by atoms with E-state index >= 15 is 0 Å². The van der Waals surface area contributed by atoms with Gasteiger partial charge in [0.15, 0.2) is 6.10 Å². The number of nitriles is 1. The molecule has 1 aliphatic carbocycles. The number of carbonyl (C=O) groups is 2. The molecule has 0 fully saturated rings. The van der Waals surface area contributed by atoms with Gasteiger partial charge in [0.05, 0.1) is 23.2 Å². The van der Waals surface area contributed by atoms with Crippen LogP contribution in [-0.4, -0.2) is 18.0 Å². The minimum absolute atomic E-state index is 0.0523. The van der Waals surface area contributed by atoms with Crippen LogP contribution in [0.4, 0.5) is 0 Å². The van der Waals surface area contributed by atoms with E-state index in [1.54, 1.807) is 19.1 Å². The lowest BCUT2D eigenvalue weighted by Crippen LogP contribution is -2.39. The smallest absolute Gasteiger partial charge is 0.338 e. The Kier molecular flexibility index (Phi) is 5.33. The normalized spacial score (nSPS) is 16.7. The third-order valence-corrected chi connectivity index (χ3v) is 4.59. The highest BCUT2D eigenvalue weighted by atomic mass is 16.5. The number of fused-ring (bicyclic) bond motifs is 1. The van der Waals surface area contributed by atoms with Crippen LogP contribution in [0.3, 0.4) is 0 Å². The van der Waals surface area contributed by atoms with Gasteiger partial charge in [0.2, 0.25) is 0 Å². The van der Waals surface area contributed by atoms with Crippen molar-refractivity contribution in [3.05, 3.63) is 70.8 Å². The summed E-state index contributed by atoms with van der Waals surface area (Å²) in [7, 11) is 0. The Balaban J connectivity index is 1.61. The molecule has 1 amide bonds. The van der Waals surface area contributed by atoms with E-state index in [1.165, 1.54) is 17.7 Å². The highest BCUT2D eigenvalue weighted by Crippen LogP contribution is 2.29. The Morgan fingerprint density at radius 2 is 1.92 bits per heavy atom. The number of benzene rings is 2. The van der Waals surface area contributed by atoms with Crippen molar-refractivity contribution in [2.24, 2.45) is 0 Å². The fourth-order valence-corrected chi connectivity index (χ4v) is 3.16. The van der Waals surface area contributed by atoms with Crippen molar-refractivity contribution in [1.29, 1.82) is 5.26 Å². The summed E-state index contributed by atoms with van der Waals surface area (Å²) in [5, 5.41) is 11.8. The molecule has 0 heterocycles. The Morgan fingerprint density at radius 1 is 1.19 bits per heavy atom. The number of esters is 1. The molecule has 26 heavy (non-hydrogen) atoms. The summed E-state index contributed by atoms with van der Waals surface area (Å²) >= 11 is 0. The lowest BCUT2D eigenvalue weighted by atomic mass is 9.87. The van der Waals surface area contributed by atoms with Gasteiger partial charge in [-0.3, -0.25) is 4.79 Å². The second kappa shape index (κ2) is 7.83.